The maximum absolute atomic E-state index is 11.4. The SMILES string of the molecule is O=C(O)c1ccc(NCCNC(=O)C2CC2)cc1[N+](=O)[O-]. The maximum Gasteiger partial charge on any atom is 0.342 e. The van der Waals surface area contributed by atoms with E-state index in [0.717, 1.165) is 12.8 Å². The number of carbonyl (C=O) groups is 2. The molecule has 1 aromatic carbocycles. The highest BCUT2D eigenvalue weighted by Gasteiger charge is 2.29. The van der Waals surface area contributed by atoms with Gasteiger partial charge in [-0.15, -0.1) is 0 Å². The van der Waals surface area contributed by atoms with E-state index in [9.17, 15) is 19.7 Å². The third-order valence-electron chi connectivity index (χ3n) is 3.13. The zero-order valence-corrected chi connectivity index (χ0v) is 11.2. The van der Waals surface area contributed by atoms with Crippen molar-refractivity contribution in [3.8, 4) is 0 Å². The molecule has 0 aromatic heterocycles. The largest absolute Gasteiger partial charge is 0.477 e. The Morgan fingerprint density at radius 3 is 2.62 bits per heavy atom. The normalized spacial score (nSPS) is 13.5. The molecule has 1 saturated carbocycles. The van der Waals surface area contributed by atoms with E-state index in [1.807, 2.05) is 0 Å². The molecule has 0 atom stereocenters. The van der Waals surface area contributed by atoms with Crippen molar-refractivity contribution in [2.24, 2.45) is 5.92 Å². The number of hydrogen-bond donors (Lipinski definition) is 3. The van der Waals surface area contributed by atoms with Gasteiger partial charge in [0.1, 0.15) is 5.56 Å². The minimum absolute atomic E-state index is 0.0315. The molecule has 2 rings (SSSR count). The van der Waals surface area contributed by atoms with Gasteiger partial charge in [0.05, 0.1) is 4.92 Å². The summed E-state index contributed by atoms with van der Waals surface area (Å²) in [5.41, 5.74) is -0.380. The number of anilines is 1. The van der Waals surface area contributed by atoms with Gasteiger partial charge in [0.25, 0.3) is 5.69 Å². The molecule has 0 aliphatic heterocycles. The summed E-state index contributed by atoms with van der Waals surface area (Å²) >= 11 is 0. The maximum atomic E-state index is 11.4. The molecule has 0 saturated heterocycles. The summed E-state index contributed by atoms with van der Waals surface area (Å²) in [6.07, 6.45) is 1.87. The van der Waals surface area contributed by atoms with Crippen molar-refractivity contribution in [2.45, 2.75) is 12.8 Å². The average molecular weight is 293 g/mol. The highest BCUT2D eigenvalue weighted by atomic mass is 16.6. The molecule has 0 spiro atoms. The third-order valence-corrected chi connectivity index (χ3v) is 3.13. The number of aromatic carboxylic acids is 1. The quantitative estimate of drug-likeness (QED) is 0.395. The molecule has 112 valence electrons. The van der Waals surface area contributed by atoms with Gasteiger partial charge in [-0.25, -0.2) is 4.79 Å². The van der Waals surface area contributed by atoms with E-state index >= 15 is 0 Å². The zero-order chi connectivity index (χ0) is 15.4. The Bertz CT molecular complexity index is 583. The molecule has 1 aliphatic carbocycles. The van der Waals surface area contributed by atoms with E-state index < -0.39 is 16.6 Å². The lowest BCUT2D eigenvalue weighted by Gasteiger charge is -2.08. The smallest absolute Gasteiger partial charge is 0.342 e. The number of amides is 1. The van der Waals surface area contributed by atoms with Crippen LogP contribution in [0.5, 0.6) is 0 Å². The minimum Gasteiger partial charge on any atom is -0.477 e. The van der Waals surface area contributed by atoms with E-state index in [1.165, 1.54) is 18.2 Å². The molecule has 1 aliphatic rings. The lowest BCUT2D eigenvalue weighted by atomic mass is 10.1. The van der Waals surface area contributed by atoms with Crippen LogP contribution in [0.25, 0.3) is 0 Å². The lowest BCUT2D eigenvalue weighted by molar-refractivity contribution is -0.385. The minimum atomic E-state index is -1.34. The van der Waals surface area contributed by atoms with Crippen molar-refractivity contribution in [1.82, 2.24) is 5.32 Å². The molecule has 0 unspecified atom stereocenters. The fourth-order valence-electron chi connectivity index (χ4n) is 1.86. The number of nitro groups is 1. The highest BCUT2D eigenvalue weighted by Crippen LogP contribution is 2.28. The molecule has 8 nitrogen and oxygen atoms in total. The number of carboxylic acids is 1. The van der Waals surface area contributed by atoms with E-state index in [0.29, 0.717) is 18.8 Å². The van der Waals surface area contributed by atoms with Crippen molar-refractivity contribution in [3.05, 3.63) is 33.9 Å². The summed E-state index contributed by atoms with van der Waals surface area (Å²) in [7, 11) is 0. The van der Waals surface area contributed by atoms with Gasteiger partial charge in [0.2, 0.25) is 5.91 Å². The molecule has 0 radical (unpaired) electrons. The topological polar surface area (TPSA) is 122 Å². The van der Waals surface area contributed by atoms with Gasteiger partial charge in [0.15, 0.2) is 0 Å². The molecule has 1 amide bonds. The van der Waals surface area contributed by atoms with Crippen LogP contribution in [-0.2, 0) is 4.79 Å². The van der Waals surface area contributed by atoms with Crippen LogP contribution < -0.4 is 10.6 Å². The van der Waals surface area contributed by atoms with Crippen molar-refractivity contribution in [3.63, 3.8) is 0 Å². The monoisotopic (exact) mass is 293 g/mol. The summed E-state index contributed by atoms with van der Waals surface area (Å²) in [5.74, 6) is -1.17. The summed E-state index contributed by atoms with van der Waals surface area (Å²) in [4.78, 5) is 32.4. The zero-order valence-electron chi connectivity index (χ0n) is 11.2. The number of hydrogen-bond acceptors (Lipinski definition) is 5. The Morgan fingerprint density at radius 2 is 2.05 bits per heavy atom. The van der Waals surface area contributed by atoms with Crippen LogP contribution in [0, 0.1) is 16.0 Å². The van der Waals surface area contributed by atoms with Crippen LogP contribution in [0.15, 0.2) is 18.2 Å². The van der Waals surface area contributed by atoms with Gasteiger partial charge in [0, 0.05) is 30.8 Å². The Labute approximate surface area is 120 Å². The number of nitrogens with one attached hydrogen (secondary N) is 2. The van der Waals surface area contributed by atoms with Gasteiger partial charge < -0.3 is 15.7 Å². The van der Waals surface area contributed by atoms with Crippen molar-refractivity contribution in [2.75, 3.05) is 18.4 Å². The van der Waals surface area contributed by atoms with Crippen LogP contribution in [0.3, 0.4) is 0 Å². The molecule has 21 heavy (non-hydrogen) atoms. The summed E-state index contributed by atoms with van der Waals surface area (Å²) < 4.78 is 0. The van der Waals surface area contributed by atoms with Crippen molar-refractivity contribution in [1.29, 1.82) is 0 Å². The van der Waals surface area contributed by atoms with Crippen LogP contribution in [-0.4, -0.2) is 35.0 Å². The first kappa shape index (κ1) is 14.8. The molecular weight excluding hydrogens is 278 g/mol. The van der Waals surface area contributed by atoms with E-state index in [2.05, 4.69) is 10.6 Å². The molecule has 1 aromatic rings. The predicted molar refractivity (Wildman–Crippen MR) is 74.3 cm³/mol. The number of nitrogens with zero attached hydrogens (tertiary/aromatic N) is 1. The molecule has 0 bridgehead atoms. The second kappa shape index (κ2) is 6.21. The summed E-state index contributed by atoms with van der Waals surface area (Å²) in [6, 6.07) is 3.82. The van der Waals surface area contributed by atoms with Gasteiger partial charge in [-0.1, -0.05) is 0 Å². The number of carbonyl (C=O) groups excluding carboxylic acids is 1. The van der Waals surface area contributed by atoms with E-state index in [1.54, 1.807) is 0 Å². The standard InChI is InChI=1S/C13H15N3O5/c17-12(8-1-2-8)15-6-5-14-9-3-4-10(13(18)19)11(7-9)16(20)21/h3-4,7-8,14H,1-2,5-6H2,(H,15,17)(H,18,19). The Kier molecular flexibility index (Phi) is 4.36. The van der Waals surface area contributed by atoms with Crippen LogP contribution in [0.2, 0.25) is 0 Å². The number of rotatable bonds is 7. The third kappa shape index (κ3) is 3.91. The van der Waals surface area contributed by atoms with Crippen LogP contribution >= 0.6 is 0 Å². The lowest BCUT2D eigenvalue weighted by Crippen LogP contribution is -2.29. The van der Waals surface area contributed by atoms with E-state index in [4.69, 9.17) is 5.11 Å². The molecule has 1 fully saturated rings. The molecule has 0 heterocycles. The first-order chi connectivity index (χ1) is 9.99. The fourth-order valence-corrected chi connectivity index (χ4v) is 1.86. The average Bonchev–Trinajstić information content (AvgIpc) is 3.27. The summed E-state index contributed by atoms with van der Waals surface area (Å²) in [5, 5.41) is 25.4. The number of carboxylic acid groups (broad SMARTS) is 1. The second-order valence-corrected chi connectivity index (χ2v) is 4.79. The van der Waals surface area contributed by atoms with Crippen LogP contribution in [0.1, 0.15) is 23.2 Å². The molecule has 8 heteroatoms. The summed E-state index contributed by atoms with van der Waals surface area (Å²) in [6.45, 7) is 0.811. The van der Waals surface area contributed by atoms with Crippen molar-refractivity contribution < 1.29 is 19.6 Å². The Hall–Kier alpha value is -2.64. The highest BCUT2D eigenvalue weighted by molar-refractivity contribution is 5.93. The first-order valence-electron chi connectivity index (χ1n) is 6.52. The molecule has 3 N–H and O–H groups in total. The number of nitro benzene ring substituents is 1. The van der Waals surface area contributed by atoms with Gasteiger partial charge >= 0.3 is 5.97 Å². The molecular formula is C13H15N3O5. The predicted octanol–water partition coefficient (Wildman–Crippen LogP) is 1.23. The fraction of sp³-hybridized carbons (Fsp3) is 0.385. The van der Waals surface area contributed by atoms with E-state index in [-0.39, 0.29) is 17.4 Å². The number of benzene rings is 1. The Morgan fingerprint density at radius 1 is 1.33 bits per heavy atom. The van der Waals surface area contributed by atoms with Gasteiger partial charge in [-0.3, -0.25) is 14.9 Å². The van der Waals surface area contributed by atoms with Gasteiger partial charge in [-0.05, 0) is 25.0 Å². The first-order valence-corrected chi connectivity index (χ1v) is 6.52. The Balaban J connectivity index is 1.90. The second-order valence-electron chi connectivity index (χ2n) is 4.79. The van der Waals surface area contributed by atoms with Crippen LogP contribution in [0.4, 0.5) is 11.4 Å². The van der Waals surface area contributed by atoms with Gasteiger partial charge in [-0.2, -0.15) is 0 Å². The van der Waals surface area contributed by atoms with Crippen molar-refractivity contribution >= 4 is 23.3 Å².